The number of phenols is 1. The summed E-state index contributed by atoms with van der Waals surface area (Å²) in [6, 6.07) is 2.61. The molecule has 0 heterocycles. The second-order valence-electron chi connectivity index (χ2n) is 3.12. The van der Waals surface area contributed by atoms with Crippen molar-refractivity contribution in [2.75, 3.05) is 13.6 Å². The number of rotatable bonds is 4. The van der Waals surface area contributed by atoms with Crippen LogP contribution in [0.1, 0.15) is 12.0 Å². The van der Waals surface area contributed by atoms with Crippen LogP contribution in [0, 0.1) is 5.82 Å². The monoisotopic (exact) mass is 229 g/mol. The Morgan fingerprint density at radius 3 is 2.93 bits per heavy atom. The van der Waals surface area contributed by atoms with E-state index < -0.39 is 5.82 Å². The summed E-state index contributed by atoms with van der Waals surface area (Å²) in [4.78, 5) is 0. The molecular weight excluding hydrogens is 217 g/mol. The van der Waals surface area contributed by atoms with E-state index in [9.17, 15) is 9.50 Å². The van der Waals surface area contributed by atoms with Crippen LogP contribution in [0.4, 0.5) is 4.39 Å². The first kappa shape index (κ1) is 12.0. The van der Waals surface area contributed by atoms with Crippen molar-refractivity contribution in [1.29, 1.82) is 0 Å². The van der Waals surface area contributed by atoms with Crippen LogP contribution in [0.15, 0.2) is 18.2 Å². The van der Waals surface area contributed by atoms with Crippen LogP contribution in [-0.4, -0.2) is 18.7 Å². The third kappa shape index (κ3) is 3.53. The lowest BCUT2D eigenvalue weighted by Crippen LogP contribution is -2.05. The van der Waals surface area contributed by atoms with Crippen LogP contribution in [0.3, 0.4) is 0 Å². The zero-order valence-electron chi connectivity index (χ0n) is 8.43. The molecule has 0 amide bonds. The molecule has 0 radical (unpaired) electrons. The quantitative estimate of drug-likeness (QED) is 0.779. The van der Waals surface area contributed by atoms with Crippen molar-refractivity contribution in [2.24, 2.45) is 0 Å². The molecule has 1 aromatic rings. The zero-order valence-corrected chi connectivity index (χ0v) is 9.18. The molecule has 82 valence electrons. The van der Waals surface area contributed by atoms with Gasteiger partial charge in [0.2, 0.25) is 0 Å². The standard InChI is InChI=1S/C11H13ClFNO/c1-14-5-3-2-4-8-6-9(12)7-10(13)11(8)15/h2,4,6-7,14-15H,3,5H2,1H3. The van der Waals surface area contributed by atoms with Gasteiger partial charge in [0.05, 0.1) is 0 Å². The Morgan fingerprint density at radius 1 is 1.53 bits per heavy atom. The lowest BCUT2D eigenvalue weighted by atomic mass is 10.1. The Balaban J connectivity index is 2.80. The van der Waals surface area contributed by atoms with Gasteiger partial charge in [-0.25, -0.2) is 4.39 Å². The highest BCUT2D eigenvalue weighted by Crippen LogP contribution is 2.26. The Bertz CT molecular complexity index is 366. The van der Waals surface area contributed by atoms with Gasteiger partial charge in [-0.1, -0.05) is 23.8 Å². The highest BCUT2D eigenvalue weighted by molar-refractivity contribution is 6.30. The van der Waals surface area contributed by atoms with E-state index in [0.717, 1.165) is 19.0 Å². The van der Waals surface area contributed by atoms with Crippen LogP contribution < -0.4 is 5.32 Å². The van der Waals surface area contributed by atoms with E-state index >= 15 is 0 Å². The number of nitrogens with one attached hydrogen (secondary N) is 1. The molecule has 1 rings (SSSR count). The molecule has 0 saturated heterocycles. The molecule has 0 aliphatic rings. The van der Waals surface area contributed by atoms with Crippen LogP contribution in [0.25, 0.3) is 6.08 Å². The van der Waals surface area contributed by atoms with Crippen molar-refractivity contribution in [1.82, 2.24) is 5.32 Å². The summed E-state index contributed by atoms with van der Waals surface area (Å²) in [6.07, 6.45) is 4.31. The number of hydrogen-bond acceptors (Lipinski definition) is 2. The minimum absolute atomic E-state index is 0.276. The van der Waals surface area contributed by atoms with Crippen LogP contribution in [-0.2, 0) is 0 Å². The topological polar surface area (TPSA) is 32.3 Å². The van der Waals surface area contributed by atoms with Gasteiger partial charge in [0, 0.05) is 10.6 Å². The minimum Gasteiger partial charge on any atom is -0.504 e. The molecule has 2 N–H and O–H groups in total. The van der Waals surface area contributed by atoms with Gasteiger partial charge in [0.1, 0.15) is 0 Å². The van der Waals surface area contributed by atoms with Gasteiger partial charge >= 0.3 is 0 Å². The second kappa shape index (κ2) is 5.73. The summed E-state index contributed by atoms with van der Waals surface area (Å²) in [5.41, 5.74) is 0.399. The molecule has 0 bridgehead atoms. The average molecular weight is 230 g/mol. The highest BCUT2D eigenvalue weighted by Gasteiger charge is 2.06. The van der Waals surface area contributed by atoms with E-state index in [0.29, 0.717) is 5.56 Å². The van der Waals surface area contributed by atoms with Gasteiger partial charge in [-0.3, -0.25) is 0 Å². The lowest BCUT2D eigenvalue weighted by Gasteiger charge is -2.01. The minimum atomic E-state index is -0.698. The van der Waals surface area contributed by atoms with Gasteiger partial charge in [-0.2, -0.15) is 0 Å². The maximum Gasteiger partial charge on any atom is 0.166 e. The fraction of sp³-hybridized carbons (Fsp3) is 0.273. The van der Waals surface area contributed by atoms with E-state index in [-0.39, 0.29) is 10.8 Å². The molecule has 1 aromatic carbocycles. The van der Waals surface area contributed by atoms with E-state index in [1.54, 1.807) is 6.08 Å². The second-order valence-corrected chi connectivity index (χ2v) is 3.56. The molecule has 0 fully saturated rings. The van der Waals surface area contributed by atoms with Gasteiger partial charge in [0.25, 0.3) is 0 Å². The van der Waals surface area contributed by atoms with E-state index in [2.05, 4.69) is 5.32 Å². The van der Waals surface area contributed by atoms with Crippen LogP contribution >= 0.6 is 11.6 Å². The fourth-order valence-electron chi connectivity index (χ4n) is 1.15. The normalized spacial score (nSPS) is 11.1. The number of hydrogen-bond donors (Lipinski definition) is 2. The van der Waals surface area contributed by atoms with Gasteiger partial charge in [-0.05, 0) is 32.1 Å². The Labute approximate surface area is 93.4 Å². The molecule has 0 aromatic heterocycles. The number of phenolic OH excluding ortho intramolecular Hbond substituents is 1. The lowest BCUT2D eigenvalue weighted by molar-refractivity contribution is 0.431. The maximum atomic E-state index is 13.0. The fourth-order valence-corrected chi connectivity index (χ4v) is 1.36. The number of benzene rings is 1. The predicted octanol–water partition coefficient (Wildman–Crippen LogP) is 2.81. The summed E-state index contributed by atoms with van der Waals surface area (Å²) < 4.78 is 13.0. The first-order chi connectivity index (χ1) is 7.15. The van der Waals surface area contributed by atoms with Gasteiger partial charge < -0.3 is 10.4 Å². The zero-order chi connectivity index (χ0) is 11.3. The Kier molecular flexibility index (Phi) is 4.59. The average Bonchev–Trinajstić information content (AvgIpc) is 2.19. The van der Waals surface area contributed by atoms with Crippen LogP contribution in [0.2, 0.25) is 5.02 Å². The molecule has 15 heavy (non-hydrogen) atoms. The molecule has 0 atom stereocenters. The van der Waals surface area contributed by atoms with Crippen molar-refractivity contribution >= 4 is 17.7 Å². The largest absolute Gasteiger partial charge is 0.504 e. The SMILES string of the molecule is CNCCC=Cc1cc(Cl)cc(F)c1O. The number of halogens is 2. The number of aromatic hydroxyl groups is 1. The van der Waals surface area contributed by atoms with Crippen molar-refractivity contribution in [3.63, 3.8) is 0 Å². The van der Waals surface area contributed by atoms with Crippen molar-refractivity contribution in [3.05, 3.63) is 34.6 Å². The third-order valence-electron chi connectivity index (χ3n) is 1.92. The third-order valence-corrected chi connectivity index (χ3v) is 2.13. The van der Waals surface area contributed by atoms with Crippen LogP contribution in [0.5, 0.6) is 5.75 Å². The molecular formula is C11H13ClFNO. The first-order valence-corrected chi connectivity index (χ1v) is 5.02. The Hall–Kier alpha value is -1.06. The summed E-state index contributed by atoms with van der Waals surface area (Å²) in [5, 5.41) is 12.6. The molecule has 0 saturated carbocycles. The van der Waals surface area contributed by atoms with Gasteiger partial charge in [0.15, 0.2) is 11.6 Å². The summed E-state index contributed by atoms with van der Waals surface area (Å²) in [7, 11) is 1.85. The molecule has 4 heteroatoms. The summed E-state index contributed by atoms with van der Waals surface area (Å²) >= 11 is 5.66. The molecule has 0 aliphatic heterocycles. The van der Waals surface area contributed by atoms with Crippen molar-refractivity contribution in [2.45, 2.75) is 6.42 Å². The molecule has 2 nitrogen and oxygen atoms in total. The molecule has 0 aliphatic carbocycles. The maximum absolute atomic E-state index is 13.0. The smallest absolute Gasteiger partial charge is 0.166 e. The summed E-state index contributed by atoms with van der Waals surface area (Å²) in [6.45, 7) is 0.834. The van der Waals surface area contributed by atoms with Crippen molar-refractivity contribution in [3.8, 4) is 5.75 Å². The predicted molar refractivity (Wildman–Crippen MR) is 60.7 cm³/mol. The Morgan fingerprint density at radius 2 is 2.27 bits per heavy atom. The van der Waals surface area contributed by atoms with E-state index in [4.69, 9.17) is 11.6 Å². The van der Waals surface area contributed by atoms with Gasteiger partial charge in [-0.15, -0.1) is 0 Å². The van der Waals surface area contributed by atoms with E-state index in [1.807, 2.05) is 13.1 Å². The first-order valence-electron chi connectivity index (χ1n) is 4.64. The van der Waals surface area contributed by atoms with Crippen molar-refractivity contribution < 1.29 is 9.50 Å². The summed E-state index contributed by atoms with van der Waals surface area (Å²) in [5.74, 6) is -1.06. The highest BCUT2D eigenvalue weighted by atomic mass is 35.5. The molecule has 0 spiro atoms. The molecule has 0 unspecified atom stereocenters. The van der Waals surface area contributed by atoms with E-state index in [1.165, 1.54) is 6.07 Å².